The van der Waals surface area contributed by atoms with E-state index in [1.807, 2.05) is 32.0 Å². The molecule has 18 heavy (non-hydrogen) atoms. The van der Waals surface area contributed by atoms with Crippen LogP contribution in [0.5, 0.6) is 0 Å². The summed E-state index contributed by atoms with van der Waals surface area (Å²) in [6.45, 7) is 3.82. The molecule has 0 spiro atoms. The predicted octanol–water partition coefficient (Wildman–Crippen LogP) is 4.18. The van der Waals surface area contributed by atoms with Crippen LogP contribution in [0.25, 0.3) is 0 Å². The lowest BCUT2D eigenvalue weighted by molar-refractivity contribution is 0.214. The molecule has 0 amide bonds. The molecule has 0 fully saturated rings. The number of halogens is 2. The summed E-state index contributed by atoms with van der Waals surface area (Å²) in [4.78, 5) is 0. The predicted molar refractivity (Wildman–Crippen MR) is 71.4 cm³/mol. The Balaban J connectivity index is 2.51. The van der Waals surface area contributed by atoms with Crippen LogP contribution in [-0.4, -0.2) is 5.11 Å². The Kier molecular flexibility index (Phi) is 3.69. The number of benzene rings is 2. The third-order valence-electron chi connectivity index (χ3n) is 3.01. The van der Waals surface area contributed by atoms with E-state index in [1.165, 1.54) is 6.07 Å². The van der Waals surface area contributed by atoms with Crippen LogP contribution in [0.3, 0.4) is 0 Å². The zero-order chi connectivity index (χ0) is 13.3. The monoisotopic (exact) mass is 264 g/mol. The normalized spacial score (nSPS) is 12.5. The highest BCUT2D eigenvalue weighted by atomic mass is 35.5. The topological polar surface area (TPSA) is 20.2 Å². The van der Waals surface area contributed by atoms with E-state index in [2.05, 4.69) is 0 Å². The quantitative estimate of drug-likeness (QED) is 0.863. The maximum absolute atomic E-state index is 13.9. The van der Waals surface area contributed by atoms with E-state index in [1.54, 1.807) is 12.1 Å². The summed E-state index contributed by atoms with van der Waals surface area (Å²) in [5.74, 6) is -0.562. The molecule has 3 heteroatoms. The first kappa shape index (κ1) is 13.1. The van der Waals surface area contributed by atoms with Crippen molar-refractivity contribution in [3.05, 3.63) is 69.5 Å². The Labute approximate surface area is 111 Å². The van der Waals surface area contributed by atoms with Crippen LogP contribution >= 0.6 is 11.6 Å². The zero-order valence-corrected chi connectivity index (χ0v) is 11.0. The van der Waals surface area contributed by atoms with Gasteiger partial charge in [-0.2, -0.15) is 0 Å². The van der Waals surface area contributed by atoms with Gasteiger partial charge in [-0.1, -0.05) is 47.5 Å². The molecule has 0 aromatic heterocycles. The van der Waals surface area contributed by atoms with Gasteiger partial charge in [0.25, 0.3) is 0 Å². The highest BCUT2D eigenvalue weighted by Crippen LogP contribution is 2.30. The molecule has 94 valence electrons. The molecule has 0 saturated carbocycles. The largest absolute Gasteiger partial charge is 0.384 e. The van der Waals surface area contributed by atoms with Crippen molar-refractivity contribution in [3.63, 3.8) is 0 Å². The Morgan fingerprint density at radius 1 is 1.11 bits per heavy atom. The maximum Gasteiger partial charge on any atom is 0.147 e. The van der Waals surface area contributed by atoms with Crippen molar-refractivity contribution >= 4 is 11.6 Å². The number of rotatable bonds is 2. The Morgan fingerprint density at radius 3 is 2.56 bits per heavy atom. The molecule has 0 bridgehead atoms. The number of aliphatic hydroxyl groups is 1. The summed E-state index contributed by atoms with van der Waals surface area (Å²) in [7, 11) is 0. The highest BCUT2D eigenvalue weighted by molar-refractivity contribution is 6.30. The minimum absolute atomic E-state index is 0.0249. The van der Waals surface area contributed by atoms with Crippen molar-refractivity contribution in [1.82, 2.24) is 0 Å². The van der Waals surface area contributed by atoms with Gasteiger partial charge in [0, 0.05) is 5.56 Å². The lowest BCUT2D eigenvalue weighted by atomic mass is 9.95. The molecule has 0 aliphatic heterocycles. The van der Waals surface area contributed by atoms with Gasteiger partial charge in [0.2, 0.25) is 0 Å². The summed E-state index contributed by atoms with van der Waals surface area (Å²) in [5, 5.41) is 10.3. The second kappa shape index (κ2) is 5.09. The molecule has 0 aliphatic carbocycles. The van der Waals surface area contributed by atoms with Crippen molar-refractivity contribution in [2.45, 2.75) is 20.0 Å². The average molecular weight is 265 g/mol. The summed E-state index contributed by atoms with van der Waals surface area (Å²) < 4.78 is 13.9. The Morgan fingerprint density at radius 2 is 1.83 bits per heavy atom. The van der Waals surface area contributed by atoms with Crippen molar-refractivity contribution in [1.29, 1.82) is 0 Å². The van der Waals surface area contributed by atoms with Gasteiger partial charge in [0.15, 0.2) is 0 Å². The summed E-state index contributed by atoms with van der Waals surface area (Å²) in [5.41, 5.74) is 2.86. The lowest BCUT2D eigenvalue weighted by Gasteiger charge is -2.16. The number of hydrogen-bond donors (Lipinski definition) is 1. The Hall–Kier alpha value is -1.38. The number of hydrogen-bond acceptors (Lipinski definition) is 1. The summed E-state index contributed by atoms with van der Waals surface area (Å²) >= 11 is 5.73. The molecule has 1 atom stereocenters. The second-order valence-corrected chi connectivity index (χ2v) is 4.81. The first-order chi connectivity index (χ1) is 8.50. The minimum Gasteiger partial charge on any atom is -0.384 e. The fourth-order valence-corrected chi connectivity index (χ4v) is 2.14. The average Bonchev–Trinajstić information content (AvgIpc) is 2.35. The molecule has 2 rings (SSSR count). The molecule has 0 radical (unpaired) electrons. The molecule has 1 N–H and O–H groups in total. The highest BCUT2D eigenvalue weighted by Gasteiger charge is 2.18. The molecule has 2 aromatic carbocycles. The van der Waals surface area contributed by atoms with E-state index in [-0.39, 0.29) is 10.6 Å². The van der Waals surface area contributed by atoms with E-state index in [0.29, 0.717) is 5.56 Å². The number of aryl methyl sites for hydroxylation is 2. The first-order valence-electron chi connectivity index (χ1n) is 5.70. The molecule has 1 unspecified atom stereocenters. The maximum atomic E-state index is 13.9. The fourth-order valence-electron chi connectivity index (χ4n) is 1.95. The van der Waals surface area contributed by atoms with Gasteiger partial charge in [0.05, 0.1) is 5.02 Å². The molecule has 0 heterocycles. The van der Waals surface area contributed by atoms with Crippen LogP contribution in [0.15, 0.2) is 36.4 Å². The lowest BCUT2D eigenvalue weighted by Crippen LogP contribution is -2.05. The number of aliphatic hydroxyl groups excluding tert-OH is 1. The molecule has 0 saturated heterocycles. The molecular weight excluding hydrogens is 251 g/mol. The van der Waals surface area contributed by atoms with Gasteiger partial charge in [-0.05, 0) is 31.0 Å². The van der Waals surface area contributed by atoms with Crippen LogP contribution in [0.1, 0.15) is 28.4 Å². The van der Waals surface area contributed by atoms with Crippen molar-refractivity contribution in [2.75, 3.05) is 0 Å². The second-order valence-electron chi connectivity index (χ2n) is 4.41. The van der Waals surface area contributed by atoms with Gasteiger partial charge < -0.3 is 5.11 Å². The van der Waals surface area contributed by atoms with E-state index in [4.69, 9.17) is 11.6 Å². The molecule has 2 aromatic rings. The van der Waals surface area contributed by atoms with E-state index in [9.17, 15) is 9.50 Å². The van der Waals surface area contributed by atoms with Gasteiger partial charge >= 0.3 is 0 Å². The fraction of sp³-hybridized carbons (Fsp3) is 0.200. The Bertz CT molecular complexity index is 579. The van der Waals surface area contributed by atoms with Crippen LogP contribution < -0.4 is 0 Å². The van der Waals surface area contributed by atoms with E-state index >= 15 is 0 Å². The SMILES string of the molecule is Cc1ccc(C)c(C(O)c2cccc(Cl)c2F)c1. The van der Waals surface area contributed by atoms with Gasteiger partial charge in [-0.3, -0.25) is 0 Å². The van der Waals surface area contributed by atoms with E-state index in [0.717, 1.165) is 11.1 Å². The third kappa shape index (κ3) is 2.40. The minimum atomic E-state index is -0.997. The molecule has 0 aliphatic rings. The van der Waals surface area contributed by atoms with Gasteiger partial charge in [-0.25, -0.2) is 4.39 Å². The van der Waals surface area contributed by atoms with Crippen LogP contribution in [0.4, 0.5) is 4.39 Å². The first-order valence-corrected chi connectivity index (χ1v) is 6.07. The van der Waals surface area contributed by atoms with Crippen molar-refractivity contribution in [2.24, 2.45) is 0 Å². The van der Waals surface area contributed by atoms with E-state index < -0.39 is 11.9 Å². The van der Waals surface area contributed by atoms with Crippen molar-refractivity contribution < 1.29 is 9.50 Å². The third-order valence-corrected chi connectivity index (χ3v) is 3.30. The summed E-state index contributed by atoms with van der Waals surface area (Å²) in [6, 6.07) is 10.4. The molecular formula is C15H14ClFO. The molecule has 1 nitrogen and oxygen atoms in total. The van der Waals surface area contributed by atoms with Crippen LogP contribution in [-0.2, 0) is 0 Å². The van der Waals surface area contributed by atoms with Crippen LogP contribution in [0, 0.1) is 19.7 Å². The van der Waals surface area contributed by atoms with Crippen molar-refractivity contribution in [3.8, 4) is 0 Å². The van der Waals surface area contributed by atoms with Gasteiger partial charge in [0.1, 0.15) is 11.9 Å². The zero-order valence-electron chi connectivity index (χ0n) is 10.2. The van der Waals surface area contributed by atoms with Gasteiger partial charge in [-0.15, -0.1) is 0 Å². The van der Waals surface area contributed by atoms with Crippen LogP contribution in [0.2, 0.25) is 5.02 Å². The summed E-state index contributed by atoms with van der Waals surface area (Å²) in [6.07, 6.45) is -0.997. The standard InChI is InChI=1S/C15H14ClFO/c1-9-6-7-10(2)12(8-9)15(18)11-4-3-5-13(16)14(11)17/h3-8,15,18H,1-2H3. The smallest absolute Gasteiger partial charge is 0.147 e.